The fourth-order valence-electron chi connectivity index (χ4n) is 4.91. The molecule has 206 valence electrons. The number of benzene rings is 1. The number of thiazole rings is 1. The number of aliphatic hydroxyl groups excluding tert-OH is 1. The highest BCUT2D eigenvalue weighted by Gasteiger charge is 2.49. The van der Waals surface area contributed by atoms with E-state index in [1.807, 2.05) is 30.3 Å². The van der Waals surface area contributed by atoms with Gasteiger partial charge in [-0.25, -0.2) is 14.8 Å². The van der Waals surface area contributed by atoms with Crippen LogP contribution in [0.1, 0.15) is 71.6 Å². The van der Waals surface area contributed by atoms with Crippen LogP contribution in [0, 0.1) is 13.8 Å². The number of rotatable bonds is 5. The van der Waals surface area contributed by atoms with Gasteiger partial charge in [0.15, 0.2) is 10.9 Å². The number of carbonyl (C=O) groups excluding carboxylic acids is 3. The van der Waals surface area contributed by atoms with Gasteiger partial charge in [-0.3, -0.25) is 18.9 Å². The Morgan fingerprint density at radius 2 is 1.75 bits per heavy atom. The van der Waals surface area contributed by atoms with Crippen molar-refractivity contribution in [1.29, 1.82) is 0 Å². The number of amides is 1. The molecule has 40 heavy (non-hydrogen) atoms. The first kappa shape index (κ1) is 27.3. The molecule has 0 aliphatic carbocycles. The zero-order chi connectivity index (χ0) is 28.9. The molecule has 9 nitrogen and oxygen atoms in total. The molecule has 1 aliphatic rings. The van der Waals surface area contributed by atoms with Crippen LogP contribution in [0.4, 0.5) is 5.13 Å². The van der Waals surface area contributed by atoms with Crippen LogP contribution in [0.5, 0.6) is 0 Å². The lowest BCUT2D eigenvalue weighted by Crippen LogP contribution is -2.29. The highest BCUT2D eigenvalue weighted by molar-refractivity contribution is 7.17. The number of ketones is 1. The summed E-state index contributed by atoms with van der Waals surface area (Å²) in [5, 5.41) is 11.9. The Morgan fingerprint density at radius 3 is 2.40 bits per heavy atom. The molecule has 3 aromatic heterocycles. The Bertz CT molecular complexity index is 1690. The van der Waals surface area contributed by atoms with Crippen molar-refractivity contribution in [2.24, 2.45) is 0 Å². The van der Waals surface area contributed by atoms with Gasteiger partial charge in [0.1, 0.15) is 16.2 Å². The maximum Gasteiger partial charge on any atom is 0.350 e. The van der Waals surface area contributed by atoms with E-state index in [9.17, 15) is 19.5 Å². The summed E-state index contributed by atoms with van der Waals surface area (Å²) >= 11 is 0.979. The molecule has 0 bridgehead atoms. The second kappa shape index (κ2) is 10.0. The highest BCUT2D eigenvalue weighted by Crippen LogP contribution is 2.44. The molecule has 0 saturated carbocycles. The molecule has 1 atom stereocenters. The second-order valence-electron chi connectivity index (χ2n) is 10.6. The minimum Gasteiger partial charge on any atom is -0.505 e. The van der Waals surface area contributed by atoms with Gasteiger partial charge < -0.3 is 9.84 Å². The summed E-state index contributed by atoms with van der Waals surface area (Å²) in [4.78, 5) is 50.3. The van der Waals surface area contributed by atoms with Crippen LogP contribution in [-0.4, -0.2) is 43.7 Å². The number of aliphatic hydroxyl groups is 1. The summed E-state index contributed by atoms with van der Waals surface area (Å²) in [5.41, 5.74) is 3.31. The number of esters is 1. The summed E-state index contributed by atoms with van der Waals surface area (Å²) in [6.45, 7) is 11.6. The molecule has 1 saturated heterocycles. The third-order valence-corrected chi connectivity index (χ3v) is 8.05. The molecule has 1 N–H and O–H groups in total. The van der Waals surface area contributed by atoms with Crippen molar-refractivity contribution in [3.63, 3.8) is 0 Å². The van der Waals surface area contributed by atoms with Crippen molar-refractivity contribution in [2.75, 3.05) is 11.5 Å². The van der Waals surface area contributed by atoms with E-state index in [4.69, 9.17) is 4.74 Å². The van der Waals surface area contributed by atoms with Crippen LogP contribution >= 0.6 is 11.3 Å². The number of pyridine rings is 1. The smallest absolute Gasteiger partial charge is 0.350 e. The largest absolute Gasteiger partial charge is 0.505 e. The minimum absolute atomic E-state index is 0.0761. The van der Waals surface area contributed by atoms with E-state index in [0.29, 0.717) is 28.3 Å². The first-order valence-electron chi connectivity index (χ1n) is 12.9. The van der Waals surface area contributed by atoms with Gasteiger partial charge in [0, 0.05) is 6.20 Å². The number of ether oxygens (including phenoxy) is 1. The molecule has 4 aromatic rings. The van der Waals surface area contributed by atoms with Crippen LogP contribution in [-0.2, 0) is 19.7 Å². The number of nitrogens with zero attached hydrogens (tertiary/aromatic N) is 4. The number of anilines is 1. The molecule has 5 rings (SSSR count). The topological polar surface area (TPSA) is 114 Å². The predicted molar refractivity (Wildman–Crippen MR) is 153 cm³/mol. The SMILES string of the molecule is CCOC(=O)c1sc(N2C(=O)C(=O)/C(=C(/O)c3c(C)nc4ccccn34)C2c2ccc(C(C)(C)C)cc2)nc1C. The average molecular weight is 559 g/mol. The van der Waals surface area contributed by atoms with E-state index in [0.717, 1.165) is 16.9 Å². The standard InChI is InChI=1S/C30H30N4O5S/c1-7-39-28(38)26-17(3)32-29(40-26)34-23(18-11-13-19(14-12-18)30(4,5)6)21(25(36)27(34)37)24(35)22-16(2)31-20-10-8-9-15-33(20)22/h8-15,23,35H,7H2,1-6H3/b24-21+. The monoisotopic (exact) mass is 558 g/mol. The lowest BCUT2D eigenvalue weighted by atomic mass is 9.85. The van der Waals surface area contributed by atoms with Crippen molar-refractivity contribution in [2.45, 2.75) is 53.0 Å². The number of hydrogen-bond acceptors (Lipinski definition) is 8. The van der Waals surface area contributed by atoms with Gasteiger partial charge in [-0.05, 0) is 49.4 Å². The maximum atomic E-state index is 13.7. The Hall–Kier alpha value is -4.31. The number of imidazole rings is 1. The van der Waals surface area contributed by atoms with Gasteiger partial charge in [0.05, 0.1) is 29.6 Å². The minimum atomic E-state index is -0.983. The highest BCUT2D eigenvalue weighted by atomic mass is 32.1. The number of aryl methyl sites for hydroxylation is 2. The predicted octanol–water partition coefficient (Wildman–Crippen LogP) is 5.51. The number of hydrogen-bond donors (Lipinski definition) is 1. The van der Waals surface area contributed by atoms with Crippen LogP contribution in [0.15, 0.2) is 54.2 Å². The fourth-order valence-corrected chi connectivity index (χ4v) is 5.90. The normalized spacial score (nSPS) is 17.1. The molecular formula is C30H30N4O5S. The second-order valence-corrected chi connectivity index (χ2v) is 11.6. The Balaban J connectivity index is 1.74. The van der Waals surface area contributed by atoms with Crippen LogP contribution in [0.2, 0.25) is 0 Å². The van der Waals surface area contributed by atoms with E-state index in [2.05, 4.69) is 30.7 Å². The molecule has 4 heterocycles. The van der Waals surface area contributed by atoms with Crippen LogP contribution < -0.4 is 4.90 Å². The first-order valence-corrected chi connectivity index (χ1v) is 13.8. The number of aromatic nitrogens is 3. The third-order valence-electron chi connectivity index (χ3n) is 6.92. The fraction of sp³-hybridized carbons (Fsp3) is 0.300. The van der Waals surface area contributed by atoms with Crippen LogP contribution in [0.3, 0.4) is 0 Å². The summed E-state index contributed by atoms with van der Waals surface area (Å²) in [6, 6.07) is 12.0. The third kappa shape index (κ3) is 4.48. The lowest BCUT2D eigenvalue weighted by molar-refractivity contribution is -0.132. The Kier molecular flexibility index (Phi) is 6.83. The van der Waals surface area contributed by atoms with Crippen molar-refractivity contribution in [3.05, 3.63) is 87.3 Å². The van der Waals surface area contributed by atoms with E-state index in [1.165, 1.54) is 4.90 Å². The van der Waals surface area contributed by atoms with Gasteiger partial charge >= 0.3 is 11.9 Å². The molecule has 0 radical (unpaired) electrons. The van der Waals surface area contributed by atoms with Crippen molar-refractivity contribution in [3.8, 4) is 0 Å². The first-order chi connectivity index (χ1) is 18.9. The Morgan fingerprint density at radius 1 is 1.05 bits per heavy atom. The zero-order valence-corrected chi connectivity index (χ0v) is 24.0. The molecule has 0 spiro atoms. The van der Waals surface area contributed by atoms with E-state index in [1.54, 1.807) is 43.5 Å². The summed E-state index contributed by atoms with van der Waals surface area (Å²) in [6.07, 6.45) is 1.74. The van der Waals surface area contributed by atoms with Crippen molar-refractivity contribution < 1.29 is 24.2 Å². The van der Waals surface area contributed by atoms with Gasteiger partial charge in [0.25, 0.3) is 5.78 Å². The molecule has 1 fully saturated rings. The van der Waals surface area contributed by atoms with E-state index >= 15 is 0 Å². The number of carbonyl (C=O) groups is 3. The van der Waals surface area contributed by atoms with Gasteiger partial charge in [-0.15, -0.1) is 0 Å². The van der Waals surface area contributed by atoms with E-state index in [-0.39, 0.29) is 33.4 Å². The van der Waals surface area contributed by atoms with Gasteiger partial charge in [0.2, 0.25) is 0 Å². The van der Waals surface area contributed by atoms with Crippen molar-refractivity contribution in [1.82, 2.24) is 14.4 Å². The van der Waals surface area contributed by atoms with Gasteiger partial charge in [-0.1, -0.05) is 62.4 Å². The Labute approximate surface area is 235 Å². The maximum absolute atomic E-state index is 13.7. The van der Waals surface area contributed by atoms with Crippen LogP contribution in [0.25, 0.3) is 11.4 Å². The molecule has 1 amide bonds. The summed E-state index contributed by atoms with van der Waals surface area (Å²) in [7, 11) is 0. The zero-order valence-electron chi connectivity index (χ0n) is 23.2. The lowest BCUT2D eigenvalue weighted by Gasteiger charge is -2.24. The summed E-state index contributed by atoms with van der Waals surface area (Å²) < 4.78 is 6.84. The quantitative estimate of drug-likeness (QED) is 0.149. The average Bonchev–Trinajstić information content (AvgIpc) is 3.54. The van der Waals surface area contributed by atoms with Crippen molar-refractivity contribution >= 4 is 45.5 Å². The molecule has 1 aromatic carbocycles. The van der Waals surface area contributed by atoms with E-state index < -0.39 is 23.7 Å². The number of fused-ring (bicyclic) bond motifs is 1. The van der Waals surface area contributed by atoms with Gasteiger partial charge in [-0.2, -0.15) is 0 Å². The molecule has 1 unspecified atom stereocenters. The number of Topliss-reactive ketones (excluding diaryl/α,β-unsaturated/α-hetero) is 1. The molecular weight excluding hydrogens is 528 g/mol. The summed E-state index contributed by atoms with van der Waals surface area (Å²) in [5.74, 6) is -2.58. The molecule has 1 aliphatic heterocycles. The molecule has 10 heteroatoms.